The highest BCUT2D eigenvalue weighted by molar-refractivity contribution is 5.98. The van der Waals surface area contributed by atoms with Gasteiger partial charge in [-0.2, -0.15) is 13.2 Å². The van der Waals surface area contributed by atoms with Crippen molar-refractivity contribution in [3.63, 3.8) is 0 Å². The number of hydrogen-bond acceptors (Lipinski definition) is 3. The minimum atomic E-state index is -4.82. The molecule has 0 aliphatic carbocycles. The predicted molar refractivity (Wildman–Crippen MR) is 102 cm³/mol. The van der Waals surface area contributed by atoms with Crippen LogP contribution in [0.15, 0.2) is 18.2 Å². The van der Waals surface area contributed by atoms with Crippen molar-refractivity contribution in [2.75, 3.05) is 6.61 Å². The first kappa shape index (κ1) is 24.9. The van der Waals surface area contributed by atoms with Crippen molar-refractivity contribution in [3.05, 3.63) is 35.1 Å². The highest BCUT2D eigenvalue weighted by atomic mass is 19.4. The fourth-order valence-corrected chi connectivity index (χ4v) is 2.82. The first-order chi connectivity index (χ1) is 13.7. The highest BCUT2D eigenvalue weighted by Crippen LogP contribution is 2.32. The van der Waals surface area contributed by atoms with Crippen LogP contribution < -0.4 is 5.32 Å². The second-order valence-corrected chi connectivity index (χ2v) is 7.03. The first-order valence-corrected chi connectivity index (χ1v) is 10.0. The Morgan fingerprint density at radius 2 is 1.62 bits per heavy atom. The topological polar surface area (TPSA) is 55.4 Å². The quantitative estimate of drug-likeness (QED) is 0.271. The lowest BCUT2D eigenvalue weighted by Gasteiger charge is -2.16. The second kappa shape index (κ2) is 12.4. The van der Waals surface area contributed by atoms with Gasteiger partial charge in [0.15, 0.2) is 0 Å². The summed E-state index contributed by atoms with van der Waals surface area (Å²) in [6.07, 6.45) is 3.81. The zero-order valence-corrected chi connectivity index (χ0v) is 16.9. The van der Waals surface area contributed by atoms with E-state index in [0.717, 1.165) is 19.3 Å². The number of benzene rings is 1. The van der Waals surface area contributed by atoms with Crippen LogP contribution in [0, 0.1) is 5.82 Å². The Labute approximate surface area is 169 Å². The van der Waals surface area contributed by atoms with Crippen LogP contribution in [0.1, 0.15) is 81.1 Å². The SMILES string of the molecule is CCCCCCCCCCOC(=O)C(C)NC(=O)c1cc(F)ccc1C(F)(F)F. The Morgan fingerprint density at radius 3 is 2.21 bits per heavy atom. The highest BCUT2D eigenvalue weighted by Gasteiger charge is 2.36. The number of carbonyl (C=O) groups excluding carboxylic acids is 2. The molecule has 0 heterocycles. The number of rotatable bonds is 12. The summed E-state index contributed by atoms with van der Waals surface area (Å²) in [4.78, 5) is 24.0. The lowest BCUT2D eigenvalue weighted by atomic mass is 10.1. The van der Waals surface area contributed by atoms with Gasteiger partial charge in [0.05, 0.1) is 17.7 Å². The van der Waals surface area contributed by atoms with Crippen LogP contribution in [0.5, 0.6) is 0 Å². The molecule has 0 aromatic heterocycles. The maximum absolute atomic E-state index is 13.3. The van der Waals surface area contributed by atoms with Gasteiger partial charge in [0.2, 0.25) is 0 Å². The summed E-state index contributed by atoms with van der Waals surface area (Å²) in [7, 11) is 0. The lowest BCUT2D eigenvalue weighted by molar-refractivity contribution is -0.145. The first-order valence-electron chi connectivity index (χ1n) is 10.0. The molecule has 0 aliphatic rings. The van der Waals surface area contributed by atoms with Crippen LogP contribution >= 0.6 is 0 Å². The number of unbranched alkanes of at least 4 members (excludes halogenated alkanes) is 7. The van der Waals surface area contributed by atoms with Crippen LogP contribution in [0.25, 0.3) is 0 Å². The molecule has 1 N–H and O–H groups in total. The van der Waals surface area contributed by atoms with E-state index in [2.05, 4.69) is 12.2 Å². The molecule has 29 heavy (non-hydrogen) atoms. The van der Waals surface area contributed by atoms with Gasteiger partial charge in [-0.3, -0.25) is 4.79 Å². The Balaban J connectivity index is 2.42. The van der Waals surface area contributed by atoms with E-state index in [0.29, 0.717) is 24.6 Å². The maximum atomic E-state index is 13.3. The molecular formula is C21H29F4NO3. The molecule has 0 bridgehead atoms. The third-order valence-electron chi connectivity index (χ3n) is 4.48. The van der Waals surface area contributed by atoms with Crippen LogP contribution in [0.2, 0.25) is 0 Å². The minimum absolute atomic E-state index is 0.182. The predicted octanol–water partition coefficient (Wildman–Crippen LogP) is 5.65. The van der Waals surface area contributed by atoms with Crippen molar-refractivity contribution in [3.8, 4) is 0 Å². The number of carbonyl (C=O) groups is 2. The number of ether oxygens (including phenoxy) is 1. The molecule has 0 fully saturated rings. The van der Waals surface area contributed by atoms with E-state index < -0.39 is 41.0 Å². The van der Waals surface area contributed by atoms with Crippen LogP contribution in [-0.2, 0) is 15.7 Å². The summed E-state index contributed by atoms with van der Waals surface area (Å²) < 4.78 is 57.4. The summed E-state index contributed by atoms with van der Waals surface area (Å²) in [6.45, 7) is 3.65. The van der Waals surface area contributed by atoms with Gasteiger partial charge in [-0.1, -0.05) is 51.9 Å². The molecular weight excluding hydrogens is 390 g/mol. The summed E-state index contributed by atoms with van der Waals surface area (Å²) in [5, 5.41) is 2.14. The second-order valence-electron chi connectivity index (χ2n) is 7.03. The Kier molecular flexibility index (Phi) is 10.7. The van der Waals surface area contributed by atoms with Gasteiger partial charge in [-0.15, -0.1) is 0 Å². The number of esters is 1. The van der Waals surface area contributed by atoms with E-state index in [4.69, 9.17) is 4.74 Å². The zero-order valence-electron chi connectivity index (χ0n) is 16.9. The van der Waals surface area contributed by atoms with Crippen molar-refractivity contribution in [2.24, 2.45) is 0 Å². The van der Waals surface area contributed by atoms with Gasteiger partial charge in [0.1, 0.15) is 11.9 Å². The van der Waals surface area contributed by atoms with Crippen LogP contribution in [-0.4, -0.2) is 24.5 Å². The number of nitrogens with one attached hydrogen (secondary N) is 1. The summed E-state index contributed by atoms with van der Waals surface area (Å²) >= 11 is 0. The Morgan fingerprint density at radius 1 is 1.03 bits per heavy atom. The minimum Gasteiger partial charge on any atom is -0.464 e. The van der Waals surface area contributed by atoms with E-state index in [1.54, 1.807) is 0 Å². The van der Waals surface area contributed by atoms with Gasteiger partial charge in [0, 0.05) is 0 Å². The average molecular weight is 419 g/mol. The fourth-order valence-electron chi connectivity index (χ4n) is 2.82. The third-order valence-corrected chi connectivity index (χ3v) is 4.48. The Hall–Kier alpha value is -2.12. The van der Waals surface area contributed by atoms with Crippen LogP contribution in [0.3, 0.4) is 0 Å². The summed E-state index contributed by atoms with van der Waals surface area (Å²) in [5.74, 6) is -2.91. The fraction of sp³-hybridized carbons (Fsp3) is 0.619. The Bertz CT molecular complexity index is 662. The molecule has 0 saturated carbocycles. The molecule has 0 spiro atoms. The standard InChI is InChI=1S/C21H29F4NO3/c1-3-4-5-6-7-8-9-10-13-29-20(28)15(2)26-19(27)17-14-16(22)11-12-18(17)21(23,24)25/h11-12,14-15H,3-10,13H2,1-2H3,(H,26,27). The largest absolute Gasteiger partial charge is 0.464 e. The maximum Gasteiger partial charge on any atom is 0.417 e. The molecule has 1 aromatic rings. The van der Waals surface area contributed by atoms with Crippen molar-refractivity contribution >= 4 is 11.9 Å². The lowest BCUT2D eigenvalue weighted by Crippen LogP contribution is -2.40. The van der Waals surface area contributed by atoms with E-state index in [-0.39, 0.29) is 6.61 Å². The van der Waals surface area contributed by atoms with Crippen molar-refractivity contribution in [2.45, 2.75) is 77.4 Å². The van der Waals surface area contributed by atoms with E-state index >= 15 is 0 Å². The van der Waals surface area contributed by atoms with Crippen molar-refractivity contribution in [1.82, 2.24) is 5.32 Å². The molecule has 1 aromatic carbocycles. The smallest absolute Gasteiger partial charge is 0.417 e. The number of hydrogen-bond donors (Lipinski definition) is 1. The normalized spacial score (nSPS) is 12.5. The van der Waals surface area contributed by atoms with Gasteiger partial charge < -0.3 is 10.1 Å². The van der Waals surface area contributed by atoms with Gasteiger partial charge >= 0.3 is 12.1 Å². The van der Waals surface area contributed by atoms with Gasteiger partial charge in [0.25, 0.3) is 5.91 Å². The molecule has 4 nitrogen and oxygen atoms in total. The molecule has 164 valence electrons. The monoisotopic (exact) mass is 419 g/mol. The number of alkyl halides is 3. The average Bonchev–Trinajstić information content (AvgIpc) is 2.65. The zero-order chi connectivity index (χ0) is 21.9. The van der Waals surface area contributed by atoms with E-state index in [9.17, 15) is 27.2 Å². The third kappa shape index (κ3) is 9.28. The molecule has 0 radical (unpaired) electrons. The van der Waals surface area contributed by atoms with Gasteiger partial charge in [-0.05, 0) is 31.5 Å². The summed E-state index contributed by atoms with van der Waals surface area (Å²) in [5.41, 5.74) is -2.14. The van der Waals surface area contributed by atoms with E-state index in [1.165, 1.54) is 32.6 Å². The number of amides is 1. The van der Waals surface area contributed by atoms with Crippen LogP contribution in [0.4, 0.5) is 17.6 Å². The molecule has 1 unspecified atom stereocenters. The molecule has 1 rings (SSSR count). The number of halogens is 4. The molecule has 1 amide bonds. The van der Waals surface area contributed by atoms with Crippen molar-refractivity contribution < 1.29 is 31.9 Å². The molecule has 0 aliphatic heterocycles. The molecule has 1 atom stereocenters. The van der Waals surface area contributed by atoms with Gasteiger partial charge in [-0.25, -0.2) is 9.18 Å². The summed E-state index contributed by atoms with van der Waals surface area (Å²) in [6, 6.07) is 0.466. The van der Waals surface area contributed by atoms with Crippen molar-refractivity contribution in [1.29, 1.82) is 0 Å². The van der Waals surface area contributed by atoms with E-state index in [1.807, 2.05) is 0 Å². The molecule has 0 saturated heterocycles. The molecule has 8 heteroatoms.